The zero-order chi connectivity index (χ0) is 14.5. The molecular weight excluding hydrogens is 260 g/mol. The van der Waals surface area contributed by atoms with Crippen LogP contribution in [0.15, 0.2) is 42.7 Å². The summed E-state index contributed by atoms with van der Waals surface area (Å²) in [4.78, 5) is 10.9. The van der Waals surface area contributed by atoms with Crippen molar-refractivity contribution in [3.8, 4) is 0 Å². The summed E-state index contributed by atoms with van der Waals surface area (Å²) in [6.45, 7) is 0.848. The number of benzene rings is 1. The zero-order valence-electron chi connectivity index (χ0n) is 12.5. The van der Waals surface area contributed by atoms with Crippen LogP contribution >= 0.6 is 0 Å². The van der Waals surface area contributed by atoms with Gasteiger partial charge in [-0.05, 0) is 18.4 Å². The lowest BCUT2D eigenvalue weighted by atomic mass is 10.2. The Hall–Kier alpha value is -2.10. The monoisotopic (exact) mass is 282 g/mol. The van der Waals surface area contributed by atoms with Crippen molar-refractivity contribution >= 4 is 11.6 Å². The van der Waals surface area contributed by atoms with E-state index < -0.39 is 0 Å². The SMILES string of the molecule is CN(Cc1ccccc1)c1cc(NC2CCCC2)ncn1. The Morgan fingerprint density at radius 1 is 1.14 bits per heavy atom. The second-order valence-corrected chi connectivity index (χ2v) is 5.73. The number of nitrogens with zero attached hydrogens (tertiary/aromatic N) is 3. The molecule has 1 aromatic carbocycles. The highest BCUT2D eigenvalue weighted by atomic mass is 15.2. The third-order valence-electron chi connectivity index (χ3n) is 4.01. The van der Waals surface area contributed by atoms with E-state index in [1.165, 1.54) is 31.2 Å². The van der Waals surface area contributed by atoms with Gasteiger partial charge in [0, 0.05) is 25.7 Å². The molecule has 1 aliphatic carbocycles. The van der Waals surface area contributed by atoms with Gasteiger partial charge in [0.15, 0.2) is 0 Å². The Balaban J connectivity index is 1.66. The highest BCUT2D eigenvalue weighted by Crippen LogP contribution is 2.22. The van der Waals surface area contributed by atoms with Crippen LogP contribution in [0.1, 0.15) is 31.2 Å². The summed E-state index contributed by atoms with van der Waals surface area (Å²) < 4.78 is 0. The van der Waals surface area contributed by atoms with Crippen LogP contribution in [0.3, 0.4) is 0 Å². The minimum absolute atomic E-state index is 0.576. The first-order valence-electron chi connectivity index (χ1n) is 7.65. The zero-order valence-corrected chi connectivity index (χ0v) is 12.5. The molecule has 0 amide bonds. The summed E-state index contributed by atoms with van der Waals surface area (Å²) in [5.41, 5.74) is 1.28. The average Bonchev–Trinajstić information content (AvgIpc) is 3.01. The highest BCUT2D eigenvalue weighted by Gasteiger charge is 2.15. The summed E-state index contributed by atoms with van der Waals surface area (Å²) in [5, 5.41) is 3.52. The predicted molar refractivity (Wildman–Crippen MR) is 86.5 cm³/mol. The normalized spacial score (nSPS) is 15.1. The fourth-order valence-electron chi connectivity index (χ4n) is 2.85. The van der Waals surface area contributed by atoms with E-state index >= 15 is 0 Å². The van der Waals surface area contributed by atoms with Gasteiger partial charge in [0.05, 0.1) is 0 Å². The quantitative estimate of drug-likeness (QED) is 0.911. The molecule has 1 saturated carbocycles. The second-order valence-electron chi connectivity index (χ2n) is 5.73. The fourth-order valence-corrected chi connectivity index (χ4v) is 2.85. The molecular formula is C17H22N4. The van der Waals surface area contributed by atoms with Crippen LogP contribution in [0, 0.1) is 0 Å². The maximum Gasteiger partial charge on any atom is 0.134 e. The minimum atomic E-state index is 0.576. The van der Waals surface area contributed by atoms with Gasteiger partial charge < -0.3 is 10.2 Å². The molecule has 2 aromatic rings. The standard InChI is InChI=1S/C17H22N4/c1-21(12-14-7-3-2-4-8-14)17-11-16(18-13-19-17)20-15-9-5-6-10-15/h2-4,7-8,11,13,15H,5-6,9-10,12H2,1H3,(H,18,19,20). The van der Waals surface area contributed by atoms with E-state index in [0.29, 0.717) is 6.04 Å². The number of aromatic nitrogens is 2. The van der Waals surface area contributed by atoms with Crippen LogP contribution in [0.4, 0.5) is 11.6 Å². The molecule has 3 rings (SSSR count). The van der Waals surface area contributed by atoms with Crippen LogP contribution < -0.4 is 10.2 Å². The summed E-state index contributed by atoms with van der Waals surface area (Å²) >= 11 is 0. The molecule has 1 heterocycles. The second kappa shape index (κ2) is 6.57. The Kier molecular flexibility index (Phi) is 4.34. The van der Waals surface area contributed by atoms with E-state index in [2.05, 4.69) is 51.5 Å². The molecule has 0 spiro atoms. The van der Waals surface area contributed by atoms with E-state index in [0.717, 1.165) is 18.2 Å². The molecule has 0 bridgehead atoms. The lowest BCUT2D eigenvalue weighted by Crippen LogP contribution is -2.19. The number of anilines is 2. The van der Waals surface area contributed by atoms with Crippen LogP contribution in [-0.4, -0.2) is 23.1 Å². The van der Waals surface area contributed by atoms with Crippen molar-refractivity contribution in [1.29, 1.82) is 0 Å². The van der Waals surface area contributed by atoms with Crippen molar-refractivity contribution in [1.82, 2.24) is 9.97 Å². The Labute approximate surface area is 126 Å². The Morgan fingerprint density at radius 3 is 2.67 bits per heavy atom. The molecule has 1 aromatic heterocycles. The van der Waals surface area contributed by atoms with Gasteiger partial charge in [0.25, 0.3) is 0 Å². The van der Waals surface area contributed by atoms with E-state index in [-0.39, 0.29) is 0 Å². The topological polar surface area (TPSA) is 41.0 Å². The number of rotatable bonds is 5. The third kappa shape index (κ3) is 3.72. The van der Waals surface area contributed by atoms with Gasteiger partial charge in [0.2, 0.25) is 0 Å². The first kappa shape index (κ1) is 13.9. The van der Waals surface area contributed by atoms with Gasteiger partial charge in [0.1, 0.15) is 18.0 Å². The Bertz CT molecular complexity index is 564. The average molecular weight is 282 g/mol. The molecule has 1 aliphatic rings. The fraction of sp³-hybridized carbons (Fsp3) is 0.412. The van der Waals surface area contributed by atoms with Crippen molar-refractivity contribution in [2.24, 2.45) is 0 Å². The van der Waals surface area contributed by atoms with Crippen LogP contribution in [0.25, 0.3) is 0 Å². The lowest BCUT2D eigenvalue weighted by Gasteiger charge is -2.19. The van der Waals surface area contributed by atoms with E-state index in [9.17, 15) is 0 Å². The van der Waals surface area contributed by atoms with E-state index in [1.807, 2.05) is 12.1 Å². The van der Waals surface area contributed by atoms with Gasteiger partial charge in [-0.25, -0.2) is 9.97 Å². The highest BCUT2D eigenvalue weighted by molar-refractivity contribution is 5.48. The first-order chi connectivity index (χ1) is 10.3. The van der Waals surface area contributed by atoms with Crippen molar-refractivity contribution in [3.05, 3.63) is 48.3 Å². The molecule has 1 N–H and O–H groups in total. The van der Waals surface area contributed by atoms with Crippen molar-refractivity contribution in [3.63, 3.8) is 0 Å². The molecule has 0 radical (unpaired) electrons. The molecule has 21 heavy (non-hydrogen) atoms. The van der Waals surface area contributed by atoms with Gasteiger partial charge in [-0.15, -0.1) is 0 Å². The van der Waals surface area contributed by atoms with Gasteiger partial charge >= 0.3 is 0 Å². The predicted octanol–water partition coefficient (Wildman–Crippen LogP) is 3.47. The van der Waals surface area contributed by atoms with Crippen molar-refractivity contribution in [2.45, 2.75) is 38.3 Å². The van der Waals surface area contributed by atoms with Crippen molar-refractivity contribution in [2.75, 3.05) is 17.3 Å². The molecule has 0 atom stereocenters. The third-order valence-corrected chi connectivity index (χ3v) is 4.01. The molecule has 1 fully saturated rings. The molecule has 0 saturated heterocycles. The molecule has 110 valence electrons. The van der Waals surface area contributed by atoms with E-state index in [4.69, 9.17) is 0 Å². The number of hydrogen-bond donors (Lipinski definition) is 1. The summed E-state index contributed by atoms with van der Waals surface area (Å²) in [6, 6.07) is 13.1. The van der Waals surface area contributed by atoms with Gasteiger partial charge in [-0.1, -0.05) is 43.2 Å². The molecule has 0 aliphatic heterocycles. The summed E-state index contributed by atoms with van der Waals surface area (Å²) in [7, 11) is 2.06. The largest absolute Gasteiger partial charge is 0.367 e. The summed E-state index contributed by atoms with van der Waals surface area (Å²) in [5.74, 6) is 1.89. The maximum absolute atomic E-state index is 4.38. The van der Waals surface area contributed by atoms with Crippen LogP contribution in [0.5, 0.6) is 0 Å². The summed E-state index contributed by atoms with van der Waals surface area (Å²) in [6.07, 6.45) is 6.79. The number of nitrogens with one attached hydrogen (secondary N) is 1. The Morgan fingerprint density at radius 2 is 1.90 bits per heavy atom. The van der Waals surface area contributed by atoms with Crippen molar-refractivity contribution < 1.29 is 0 Å². The maximum atomic E-state index is 4.38. The lowest BCUT2D eigenvalue weighted by molar-refractivity contribution is 0.749. The van der Waals surface area contributed by atoms with E-state index in [1.54, 1.807) is 6.33 Å². The minimum Gasteiger partial charge on any atom is -0.367 e. The molecule has 4 nitrogen and oxygen atoms in total. The smallest absolute Gasteiger partial charge is 0.134 e. The number of hydrogen-bond acceptors (Lipinski definition) is 4. The first-order valence-corrected chi connectivity index (χ1v) is 7.65. The van der Waals surface area contributed by atoms with Gasteiger partial charge in [-0.3, -0.25) is 0 Å². The van der Waals surface area contributed by atoms with Crippen LogP contribution in [-0.2, 0) is 6.54 Å². The van der Waals surface area contributed by atoms with Gasteiger partial charge in [-0.2, -0.15) is 0 Å². The van der Waals surface area contributed by atoms with Crippen LogP contribution in [0.2, 0.25) is 0 Å². The molecule has 0 unspecified atom stereocenters. The molecule has 4 heteroatoms.